The van der Waals surface area contributed by atoms with Gasteiger partial charge in [-0.05, 0) is 43.9 Å². The summed E-state index contributed by atoms with van der Waals surface area (Å²) >= 11 is 7.73. The Labute approximate surface area is 198 Å². The summed E-state index contributed by atoms with van der Waals surface area (Å²) in [5.41, 5.74) is 4.06. The van der Waals surface area contributed by atoms with Gasteiger partial charge in [-0.2, -0.15) is 4.98 Å². The van der Waals surface area contributed by atoms with Crippen LogP contribution in [0.4, 0.5) is 0 Å². The Hall–Kier alpha value is -2.12. The first kappa shape index (κ1) is 23.1. The van der Waals surface area contributed by atoms with Gasteiger partial charge in [-0.3, -0.25) is 4.79 Å². The summed E-state index contributed by atoms with van der Waals surface area (Å²) in [5.74, 6) is 0.934. The van der Waals surface area contributed by atoms with Crippen LogP contribution in [0, 0.1) is 13.8 Å². The van der Waals surface area contributed by atoms with Gasteiger partial charge in [0, 0.05) is 28.9 Å². The first-order valence-electron chi connectivity index (χ1n) is 11.4. The van der Waals surface area contributed by atoms with Gasteiger partial charge in [0.2, 0.25) is 11.1 Å². The molecule has 0 bridgehead atoms. The smallest absolute Gasteiger partial charge is 0.253 e. The van der Waals surface area contributed by atoms with Crippen LogP contribution >= 0.6 is 23.4 Å². The van der Waals surface area contributed by atoms with Crippen LogP contribution < -0.4 is 5.32 Å². The van der Waals surface area contributed by atoms with Crippen LogP contribution in [0.2, 0.25) is 5.02 Å². The highest BCUT2D eigenvalue weighted by Gasteiger charge is 2.17. The molecule has 0 spiro atoms. The van der Waals surface area contributed by atoms with E-state index in [4.69, 9.17) is 11.6 Å². The average Bonchev–Trinajstić information content (AvgIpc) is 3.16. The second-order valence-corrected chi connectivity index (χ2v) is 9.88. The van der Waals surface area contributed by atoms with Gasteiger partial charge in [0.25, 0.3) is 5.78 Å². The van der Waals surface area contributed by atoms with Crippen LogP contribution in [0.1, 0.15) is 67.5 Å². The SMILES string of the molecule is Cc1nc2nc(SCC(=O)NC3CCCCCCC3)nn2c(C)c1Cc1ccccc1Cl. The van der Waals surface area contributed by atoms with Crippen molar-refractivity contribution >= 4 is 35.0 Å². The molecule has 1 aliphatic carbocycles. The summed E-state index contributed by atoms with van der Waals surface area (Å²) in [7, 11) is 0. The molecule has 8 heteroatoms. The lowest BCUT2D eigenvalue weighted by Crippen LogP contribution is -2.36. The van der Waals surface area contributed by atoms with E-state index < -0.39 is 0 Å². The van der Waals surface area contributed by atoms with Gasteiger partial charge >= 0.3 is 0 Å². The molecular weight excluding hydrogens is 442 g/mol. The summed E-state index contributed by atoms with van der Waals surface area (Å²) in [6.45, 7) is 4.02. The zero-order valence-corrected chi connectivity index (χ0v) is 20.3. The number of halogens is 1. The van der Waals surface area contributed by atoms with Crippen LogP contribution in [0.3, 0.4) is 0 Å². The Morgan fingerprint density at radius 1 is 1.12 bits per heavy atom. The van der Waals surface area contributed by atoms with Gasteiger partial charge in [-0.25, -0.2) is 9.50 Å². The molecule has 0 atom stereocenters. The van der Waals surface area contributed by atoms with Crippen LogP contribution in [0.5, 0.6) is 0 Å². The molecule has 1 aliphatic rings. The minimum absolute atomic E-state index is 0.0553. The number of carbonyl (C=O) groups excluding carboxylic acids is 1. The fourth-order valence-corrected chi connectivity index (χ4v) is 5.17. The molecule has 1 saturated carbocycles. The van der Waals surface area contributed by atoms with E-state index in [0.717, 1.165) is 40.4 Å². The van der Waals surface area contributed by atoms with E-state index in [1.807, 2.05) is 38.1 Å². The molecule has 2 aromatic heterocycles. The molecule has 0 unspecified atom stereocenters. The topological polar surface area (TPSA) is 72.2 Å². The molecule has 1 amide bonds. The zero-order chi connectivity index (χ0) is 22.5. The van der Waals surface area contributed by atoms with Crippen molar-refractivity contribution in [2.24, 2.45) is 0 Å². The number of fused-ring (bicyclic) bond motifs is 1. The molecule has 1 aromatic carbocycles. The van der Waals surface area contributed by atoms with Gasteiger partial charge in [0.05, 0.1) is 5.75 Å². The molecule has 170 valence electrons. The highest BCUT2D eigenvalue weighted by atomic mass is 35.5. The number of aromatic nitrogens is 4. The molecule has 2 heterocycles. The number of hydrogen-bond donors (Lipinski definition) is 1. The van der Waals surface area contributed by atoms with Gasteiger partial charge in [0.1, 0.15) is 0 Å². The van der Waals surface area contributed by atoms with Crippen molar-refractivity contribution in [1.82, 2.24) is 24.9 Å². The minimum Gasteiger partial charge on any atom is -0.353 e. The van der Waals surface area contributed by atoms with E-state index in [2.05, 4.69) is 20.4 Å². The molecule has 0 aliphatic heterocycles. The first-order chi connectivity index (χ1) is 15.5. The fraction of sp³-hybridized carbons (Fsp3) is 0.500. The second kappa shape index (κ2) is 10.7. The Morgan fingerprint density at radius 2 is 1.84 bits per heavy atom. The molecular formula is C24H30ClN5OS. The minimum atomic E-state index is 0.0553. The van der Waals surface area contributed by atoms with Crippen molar-refractivity contribution in [3.8, 4) is 0 Å². The van der Waals surface area contributed by atoms with Crippen LogP contribution in [-0.2, 0) is 11.2 Å². The van der Waals surface area contributed by atoms with Gasteiger partial charge in [-0.1, -0.05) is 73.7 Å². The maximum Gasteiger partial charge on any atom is 0.253 e. The third-order valence-electron chi connectivity index (χ3n) is 6.16. The Bertz CT molecular complexity index is 1090. The van der Waals surface area contributed by atoms with Crippen molar-refractivity contribution in [3.05, 3.63) is 51.8 Å². The normalized spacial score (nSPS) is 15.5. The summed E-state index contributed by atoms with van der Waals surface area (Å²) in [5, 5.41) is 9.14. The third kappa shape index (κ3) is 5.62. The lowest BCUT2D eigenvalue weighted by atomic mass is 9.97. The molecule has 3 aromatic rings. The lowest BCUT2D eigenvalue weighted by Gasteiger charge is -2.20. The monoisotopic (exact) mass is 471 g/mol. The number of nitrogens with one attached hydrogen (secondary N) is 1. The van der Waals surface area contributed by atoms with E-state index in [1.54, 1.807) is 4.52 Å². The Balaban J connectivity index is 1.43. The van der Waals surface area contributed by atoms with Gasteiger partial charge in [0.15, 0.2) is 0 Å². The number of nitrogens with zero attached hydrogens (tertiary/aromatic N) is 4. The number of carbonyl (C=O) groups is 1. The van der Waals surface area contributed by atoms with Crippen molar-refractivity contribution < 1.29 is 4.79 Å². The van der Waals surface area contributed by atoms with Crippen LogP contribution in [0.25, 0.3) is 5.78 Å². The number of amides is 1. The highest BCUT2D eigenvalue weighted by molar-refractivity contribution is 7.99. The number of hydrogen-bond acceptors (Lipinski definition) is 5. The van der Waals surface area contributed by atoms with Crippen molar-refractivity contribution in [1.29, 1.82) is 0 Å². The van der Waals surface area contributed by atoms with Gasteiger partial charge in [-0.15, -0.1) is 5.10 Å². The largest absolute Gasteiger partial charge is 0.353 e. The first-order valence-corrected chi connectivity index (χ1v) is 12.8. The van der Waals surface area contributed by atoms with E-state index in [9.17, 15) is 4.79 Å². The Morgan fingerprint density at radius 3 is 2.59 bits per heavy atom. The van der Waals surface area contributed by atoms with Gasteiger partial charge < -0.3 is 5.32 Å². The number of rotatable bonds is 6. The van der Waals surface area contributed by atoms with E-state index in [0.29, 0.717) is 29.1 Å². The molecule has 1 N–H and O–H groups in total. The summed E-state index contributed by atoms with van der Waals surface area (Å²) in [6, 6.07) is 8.16. The number of benzene rings is 1. The zero-order valence-electron chi connectivity index (χ0n) is 18.7. The molecule has 4 rings (SSSR count). The second-order valence-electron chi connectivity index (χ2n) is 8.53. The number of aryl methyl sites for hydroxylation is 2. The molecule has 0 saturated heterocycles. The predicted molar refractivity (Wildman–Crippen MR) is 129 cm³/mol. The third-order valence-corrected chi connectivity index (χ3v) is 7.36. The summed E-state index contributed by atoms with van der Waals surface area (Å²) in [4.78, 5) is 21.7. The van der Waals surface area contributed by atoms with E-state index in [1.165, 1.54) is 43.9 Å². The van der Waals surface area contributed by atoms with E-state index >= 15 is 0 Å². The standard InChI is InChI=1S/C24H30ClN5OS/c1-16-20(14-18-10-8-9-13-21(18)25)17(2)30-23(26-16)28-24(29-30)32-15-22(31)27-19-11-6-4-3-5-7-12-19/h8-10,13,19H,3-7,11-12,14-15H2,1-2H3,(H,27,31). The van der Waals surface area contributed by atoms with Crippen molar-refractivity contribution in [3.63, 3.8) is 0 Å². The Kier molecular flexibility index (Phi) is 7.68. The van der Waals surface area contributed by atoms with Crippen molar-refractivity contribution in [2.75, 3.05) is 5.75 Å². The van der Waals surface area contributed by atoms with Crippen molar-refractivity contribution in [2.45, 2.75) is 76.4 Å². The lowest BCUT2D eigenvalue weighted by molar-refractivity contribution is -0.119. The van der Waals surface area contributed by atoms with Crippen LogP contribution in [0.15, 0.2) is 29.4 Å². The predicted octanol–water partition coefficient (Wildman–Crippen LogP) is 5.31. The molecule has 6 nitrogen and oxygen atoms in total. The fourth-order valence-electron chi connectivity index (χ4n) is 4.34. The van der Waals surface area contributed by atoms with Crippen LogP contribution in [-0.4, -0.2) is 37.3 Å². The molecule has 1 fully saturated rings. The van der Waals surface area contributed by atoms with E-state index in [-0.39, 0.29) is 5.91 Å². The summed E-state index contributed by atoms with van der Waals surface area (Å²) in [6.07, 6.45) is 9.13. The maximum absolute atomic E-state index is 12.5. The maximum atomic E-state index is 12.5. The molecule has 32 heavy (non-hydrogen) atoms. The number of thioether (sulfide) groups is 1. The summed E-state index contributed by atoms with van der Waals surface area (Å²) < 4.78 is 1.77. The molecule has 0 radical (unpaired) electrons. The quantitative estimate of drug-likeness (QED) is 0.493. The average molecular weight is 472 g/mol. The highest BCUT2D eigenvalue weighted by Crippen LogP contribution is 2.24.